The fourth-order valence-electron chi connectivity index (χ4n) is 3.49. The number of para-hydroxylation sites is 1. The summed E-state index contributed by atoms with van der Waals surface area (Å²) in [4.78, 5) is 18.1. The highest BCUT2D eigenvalue weighted by Crippen LogP contribution is 2.29. The fourth-order valence-corrected chi connectivity index (χ4v) is 4.40. The molecule has 3 heterocycles. The van der Waals surface area contributed by atoms with E-state index in [0.717, 1.165) is 28.2 Å². The highest BCUT2D eigenvalue weighted by molar-refractivity contribution is 7.15. The highest BCUT2D eigenvalue weighted by Gasteiger charge is 2.18. The predicted molar refractivity (Wildman–Crippen MR) is 127 cm³/mol. The lowest BCUT2D eigenvalue weighted by Crippen LogP contribution is -2.26. The van der Waals surface area contributed by atoms with E-state index in [-0.39, 0.29) is 11.7 Å². The van der Waals surface area contributed by atoms with Crippen molar-refractivity contribution in [1.82, 2.24) is 14.6 Å². The van der Waals surface area contributed by atoms with Crippen molar-refractivity contribution in [3.05, 3.63) is 74.6 Å². The summed E-state index contributed by atoms with van der Waals surface area (Å²) < 4.78 is 13.7. The molecule has 0 saturated carbocycles. The van der Waals surface area contributed by atoms with Crippen LogP contribution in [0.5, 0.6) is 11.5 Å². The van der Waals surface area contributed by atoms with Gasteiger partial charge >= 0.3 is 0 Å². The van der Waals surface area contributed by atoms with E-state index in [0.29, 0.717) is 27.8 Å². The number of aromatic nitrogens is 3. The molecule has 0 amide bonds. The number of nitrogens with zero attached hydrogens (tertiary/aromatic N) is 3. The molecule has 32 heavy (non-hydrogen) atoms. The van der Waals surface area contributed by atoms with E-state index in [1.54, 1.807) is 0 Å². The summed E-state index contributed by atoms with van der Waals surface area (Å²) in [5, 5.41) is 4.45. The monoisotopic (exact) mass is 445 g/mol. The molecule has 0 N–H and O–H groups in total. The Morgan fingerprint density at radius 2 is 1.97 bits per heavy atom. The van der Waals surface area contributed by atoms with Crippen LogP contribution in [0.3, 0.4) is 0 Å². The van der Waals surface area contributed by atoms with E-state index >= 15 is 0 Å². The summed E-state index contributed by atoms with van der Waals surface area (Å²) >= 11 is 1.33. The van der Waals surface area contributed by atoms with Gasteiger partial charge in [0.2, 0.25) is 4.96 Å². The minimum Gasteiger partial charge on any atom is -0.493 e. The van der Waals surface area contributed by atoms with E-state index in [2.05, 4.69) is 30.0 Å². The summed E-state index contributed by atoms with van der Waals surface area (Å²) in [5.41, 5.74) is 2.62. The van der Waals surface area contributed by atoms with Crippen LogP contribution < -0.4 is 19.6 Å². The largest absolute Gasteiger partial charge is 0.493 e. The Morgan fingerprint density at radius 3 is 2.72 bits per heavy atom. The number of hydrogen-bond donors (Lipinski definition) is 0. The Balaban J connectivity index is 1.45. The van der Waals surface area contributed by atoms with E-state index in [1.165, 1.54) is 15.9 Å². The molecule has 2 aromatic carbocycles. The molecule has 0 radical (unpaired) electrons. The Morgan fingerprint density at radius 1 is 1.19 bits per heavy atom. The van der Waals surface area contributed by atoms with Crippen LogP contribution in [0.1, 0.15) is 26.3 Å². The molecule has 0 bridgehead atoms. The third-order valence-corrected chi connectivity index (χ3v) is 6.15. The van der Waals surface area contributed by atoms with Gasteiger partial charge < -0.3 is 9.47 Å². The molecule has 6 nitrogen and oxygen atoms in total. The van der Waals surface area contributed by atoms with Crippen molar-refractivity contribution in [3.63, 3.8) is 0 Å². The van der Waals surface area contributed by atoms with Crippen molar-refractivity contribution >= 4 is 28.4 Å². The van der Waals surface area contributed by atoms with Gasteiger partial charge in [-0.15, -0.1) is 5.10 Å². The molecular formula is C25H23N3O3S. The Hall–Kier alpha value is -3.45. The first kappa shape index (κ1) is 20.5. The smallest absolute Gasteiger partial charge is 0.291 e. The molecule has 0 aliphatic carbocycles. The van der Waals surface area contributed by atoms with Gasteiger partial charge in [-0.05, 0) is 60.9 Å². The SMILES string of the molecule is CC(C)COc1ccc(-c2nc3s/c(=C/C4=Cc5ccccc5O[C@@H]4C)c(=O)n3n2)cc1. The third kappa shape index (κ3) is 3.91. The highest BCUT2D eigenvalue weighted by atomic mass is 32.1. The van der Waals surface area contributed by atoms with Crippen molar-refractivity contribution < 1.29 is 9.47 Å². The maximum atomic E-state index is 13.0. The van der Waals surface area contributed by atoms with E-state index in [9.17, 15) is 4.79 Å². The quantitative estimate of drug-likeness (QED) is 0.460. The lowest BCUT2D eigenvalue weighted by molar-refractivity contribution is 0.259. The molecule has 0 spiro atoms. The second-order valence-electron chi connectivity index (χ2n) is 8.22. The molecular weight excluding hydrogens is 422 g/mol. The normalized spacial score (nSPS) is 16.2. The van der Waals surface area contributed by atoms with Gasteiger partial charge in [-0.3, -0.25) is 4.79 Å². The summed E-state index contributed by atoms with van der Waals surface area (Å²) in [6.07, 6.45) is 3.80. The van der Waals surface area contributed by atoms with Gasteiger partial charge in [0.05, 0.1) is 11.1 Å². The van der Waals surface area contributed by atoms with Gasteiger partial charge in [0, 0.05) is 11.1 Å². The number of thiazole rings is 1. The van der Waals surface area contributed by atoms with E-state index < -0.39 is 0 Å². The topological polar surface area (TPSA) is 65.7 Å². The summed E-state index contributed by atoms with van der Waals surface area (Å²) in [5.74, 6) is 2.65. The van der Waals surface area contributed by atoms with Crippen molar-refractivity contribution in [2.75, 3.05) is 6.61 Å². The number of ether oxygens (including phenoxy) is 2. The molecule has 0 unspecified atom stereocenters. The van der Waals surface area contributed by atoms with Crippen LogP contribution in [0.25, 0.3) is 28.5 Å². The average molecular weight is 446 g/mol. The van der Waals surface area contributed by atoms with Crippen LogP contribution in [0.2, 0.25) is 0 Å². The lowest BCUT2D eigenvalue weighted by Gasteiger charge is -2.22. The Kier molecular flexibility index (Phi) is 5.27. The van der Waals surface area contributed by atoms with Crippen molar-refractivity contribution in [3.8, 4) is 22.9 Å². The first-order valence-electron chi connectivity index (χ1n) is 10.6. The zero-order valence-corrected chi connectivity index (χ0v) is 18.9. The summed E-state index contributed by atoms with van der Waals surface area (Å²) in [7, 11) is 0. The molecule has 7 heteroatoms. The van der Waals surface area contributed by atoms with Gasteiger partial charge in [0.1, 0.15) is 17.6 Å². The molecule has 1 aliphatic rings. The second-order valence-corrected chi connectivity index (χ2v) is 9.23. The average Bonchev–Trinajstić information content (AvgIpc) is 3.32. The van der Waals surface area contributed by atoms with Gasteiger partial charge in [0.15, 0.2) is 5.82 Å². The predicted octanol–water partition coefficient (Wildman–Crippen LogP) is 4.22. The van der Waals surface area contributed by atoms with E-state index in [4.69, 9.17) is 9.47 Å². The van der Waals surface area contributed by atoms with Crippen LogP contribution in [0, 0.1) is 5.92 Å². The number of benzene rings is 2. The molecule has 1 atom stereocenters. The molecule has 0 saturated heterocycles. The van der Waals surface area contributed by atoms with Gasteiger partial charge in [-0.25, -0.2) is 0 Å². The minimum absolute atomic E-state index is 0.140. The van der Waals surface area contributed by atoms with Crippen molar-refractivity contribution in [2.24, 2.45) is 5.92 Å². The van der Waals surface area contributed by atoms with Crippen LogP contribution in [-0.2, 0) is 0 Å². The second kappa shape index (κ2) is 8.24. The zero-order valence-electron chi connectivity index (χ0n) is 18.1. The third-order valence-electron chi connectivity index (χ3n) is 5.19. The maximum Gasteiger partial charge on any atom is 0.291 e. The molecule has 162 valence electrons. The minimum atomic E-state index is -0.174. The van der Waals surface area contributed by atoms with E-state index in [1.807, 2.05) is 61.5 Å². The lowest BCUT2D eigenvalue weighted by atomic mass is 10.0. The standard InChI is InChI=1S/C25H23N3O3S/c1-15(2)14-30-20-10-8-17(9-11-20)23-26-25-28(27-23)24(29)22(32-25)13-19-12-18-6-4-5-7-21(18)31-16(19)3/h4-13,15-16H,14H2,1-3H3/b22-13+/t16-/m1/s1. The summed E-state index contributed by atoms with van der Waals surface area (Å²) in [6.45, 7) is 6.87. The van der Waals surface area contributed by atoms with Gasteiger partial charge in [-0.2, -0.15) is 9.50 Å². The number of hydrogen-bond acceptors (Lipinski definition) is 6. The zero-order chi connectivity index (χ0) is 22.2. The first-order chi connectivity index (χ1) is 15.5. The number of rotatable bonds is 5. The Bertz CT molecular complexity index is 1420. The molecule has 5 rings (SSSR count). The van der Waals surface area contributed by atoms with Crippen molar-refractivity contribution in [2.45, 2.75) is 26.9 Å². The fraction of sp³-hybridized carbons (Fsp3) is 0.240. The first-order valence-corrected chi connectivity index (χ1v) is 11.4. The van der Waals surface area contributed by atoms with Crippen LogP contribution in [0.15, 0.2) is 58.9 Å². The summed E-state index contributed by atoms with van der Waals surface area (Å²) in [6, 6.07) is 15.5. The van der Waals surface area contributed by atoms with Gasteiger partial charge in [-0.1, -0.05) is 43.4 Å². The van der Waals surface area contributed by atoms with Gasteiger partial charge in [0.25, 0.3) is 5.56 Å². The van der Waals surface area contributed by atoms with Crippen molar-refractivity contribution in [1.29, 1.82) is 0 Å². The maximum absolute atomic E-state index is 13.0. The number of fused-ring (bicyclic) bond motifs is 2. The Labute approximate surface area is 189 Å². The van der Waals surface area contributed by atoms with Crippen LogP contribution >= 0.6 is 11.3 Å². The van der Waals surface area contributed by atoms with Crippen LogP contribution in [-0.4, -0.2) is 27.3 Å². The molecule has 2 aromatic heterocycles. The molecule has 0 fully saturated rings. The molecule has 1 aliphatic heterocycles. The van der Waals surface area contributed by atoms with Crippen LogP contribution in [0.4, 0.5) is 0 Å². The molecule has 4 aromatic rings.